The molecule has 86 valence electrons. The minimum Gasteiger partial charge on any atom is -0.400 e. The zero-order valence-electron chi connectivity index (χ0n) is 10.7. The predicted molar refractivity (Wildman–Crippen MR) is 69.4 cm³/mol. The molecule has 0 aromatic carbocycles. The van der Waals surface area contributed by atoms with Gasteiger partial charge in [0.1, 0.15) is 8.07 Å². The van der Waals surface area contributed by atoms with E-state index in [2.05, 4.69) is 44.9 Å². The van der Waals surface area contributed by atoms with Crippen LogP contribution < -0.4 is 0 Å². The first-order valence-corrected chi connectivity index (χ1v) is 9.25. The molecule has 0 amide bonds. The summed E-state index contributed by atoms with van der Waals surface area (Å²) in [5, 5.41) is 0. The molecule has 0 bridgehead atoms. The molecular weight excluding hydrogens is 203 g/mol. The summed E-state index contributed by atoms with van der Waals surface area (Å²) < 4.78 is 11.0. The lowest BCUT2D eigenvalue weighted by molar-refractivity contribution is 0.208. The first-order valence-electron chi connectivity index (χ1n) is 5.75. The molecule has 0 spiro atoms. The van der Waals surface area contributed by atoms with E-state index in [4.69, 9.17) is 9.31 Å². The van der Waals surface area contributed by atoms with Crippen LogP contribution in [0.15, 0.2) is 0 Å². The van der Waals surface area contributed by atoms with Gasteiger partial charge >= 0.3 is 7.12 Å². The molecule has 15 heavy (non-hydrogen) atoms. The van der Waals surface area contributed by atoms with E-state index in [1.54, 1.807) is 0 Å². The van der Waals surface area contributed by atoms with Crippen LogP contribution in [0.25, 0.3) is 0 Å². The Balaban J connectivity index is 4.14. The van der Waals surface area contributed by atoms with Crippen molar-refractivity contribution in [3.05, 3.63) is 0 Å². The van der Waals surface area contributed by atoms with Gasteiger partial charge in [-0.1, -0.05) is 39.3 Å². The van der Waals surface area contributed by atoms with Gasteiger partial charge in [-0.05, 0) is 12.8 Å². The third-order valence-corrected chi connectivity index (χ3v) is 2.41. The molecule has 0 atom stereocenters. The van der Waals surface area contributed by atoms with Gasteiger partial charge in [0, 0.05) is 13.2 Å². The summed E-state index contributed by atoms with van der Waals surface area (Å²) in [7, 11) is -1.64. The first kappa shape index (κ1) is 14.8. The molecule has 2 nitrogen and oxygen atoms in total. The topological polar surface area (TPSA) is 18.5 Å². The maximum Gasteiger partial charge on any atom is 0.549 e. The maximum absolute atomic E-state index is 5.52. The number of hydrogen-bond acceptors (Lipinski definition) is 2. The monoisotopic (exact) mass is 226 g/mol. The molecule has 0 saturated carbocycles. The van der Waals surface area contributed by atoms with Gasteiger partial charge in [-0.3, -0.25) is 0 Å². The summed E-state index contributed by atoms with van der Waals surface area (Å²) in [5.74, 6) is 3.10. The van der Waals surface area contributed by atoms with Crippen molar-refractivity contribution in [1.82, 2.24) is 0 Å². The molecule has 0 fully saturated rings. The summed E-state index contributed by atoms with van der Waals surface area (Å²) in [6.07, 6.45) is 2.00. The minimum absolute atomic E-state index is 0.323. The van der Waals surface area contributed by atoms with Crippen molar-refractivity contribution in [2.24, 2.45) is 0 Å². The van der Waals surface area contributed by atoms with Crippen LogP contribution in [0.2, 0.25) is 19.6 Å². The van der Waals surface area contributed by atoms with E-state index in [1.807, 2.05) is 0 Å². The lowest BCUT2D eigenvalue weighted by Gasteiger charge is -2.09. The molecule has 0 saturated heterocycles. The molecule has 0 aliphatic carbocycles. The molecule has 0 radical (unpaired) electrons. The molecule has 0 heterocycles. The van der Waals surface area contributed by atoms with Crippen LogP contribution in [0.4, 0.5) is 0 Å². The van der Waals surface area contributed by atoms with E-state index in [0.29, 0.717) is 0 Å². The first-order chi connectivity index (χ1) is 6.99. The van der Waals surface area contributed by atoms with Crippen molar-refractivity contribution in [3.8, 4) is 11.4 Å². The van der Waals surface area contributed by atoms with Crippen molar-refractivity contribution < 1.29 is 9.31 Å². The van der Waals surface area contributed by atoms with Crippen molar-refractivity contribution >= 4 is 15.2 Å². The van der Waals surface area contributed by atoms with Crippen LogP contribution in [-0.4, -0.2) is 28.4 Å². The maximum atomic E-state index is 5.52. The van der Waals surface area contributed by atoms with Gasteiger partial charge in [0.25, 0.3) is 0 Å². The van der Waals surface area contributed by atoms with Crippen LogP contribution >= 0.6 is 0 Å². The molecule has 0 aromatic rings. The molecule has 0 aliphatic rings. The Kier molecular flexibility index (Phi) is 7.85. The Morgan fingerprint density at radius 1 is 1.00 bits per heavy atom. The zero-order chi connectivity index (χ0) is 11.7. The minimum atomic E-state index is -1.32. The fourth-order valence-corrected chi connectivity index (χ4v) is 1.41. The molecule has 0 N–H and O–H groups in total. The van der Waals surface area contributed by atoms with Gasteiger partial charge in [-0.15, -0.1) is 5.54 Å². The van der Waals surface area contributed by atoms with Gasteiger partial charge in [0.05, 0.1) is 0 Å². The highest BCUT2D eigenvalue weighted by molar-refractivity contribution is 6.84. The van der Waals surface area contributed by atoms with E-state index in [1.165, 1.54) is 0 Å². The number of rotatable bonds is 6. The van der Waals surface area contributed by atoms with E-state index in [9.17, 15) is 0 Å². The van der Waals surface area contributed by atoms with Gasteiger partial charge in [0.15, 0.2) is 0 Å². The second-order valence-electron chi connectivity index (χ2n) is 4.59. The summed E-state index contributed by atoms with van der Waals surface area (Å²) in [5.41, 5.74) is 3.28. The van der Waals surface area contributed by atoms with Crippen molar-refractivity contribution in [3.63, 3.8) is 0 Å². The Hall–Kier alpha value is -0.238. The predicted octanol–water partition coefficient (Wildman–Crippen LogP) is 2.75. The van der Waals surface area contributed by atoms with Gasteiger partial charge in [-0.2, -0.15) is 0 Å². The SMILES string of the molecule is CCCOB(C#C[Si](C)(C)C)OCCC. The third-order valence-electron chi connectivity index (χ3n) is 1.51. The standard InChI is InChI=1S/C11H23BO2Si/c1-6-9-13-12(14-10-7-2)8-11-15(3,4)5/h6-7,9-10H2,1-5H3. The quantitative estimate of drug-likeness (QED) is 0.512. The Labute approximate surface area is 95.9 Å². The summed E-state index contributed by atoms with van der Waals surface area (Å²) in [6.45, 7) is 12.3. The van der Waals surface area contributed by atoms with Crippen LogP contribution in [-0.2, 0) is 9.31 Å². The highest BCUT2D eigenvalue weighted by Crippen LogP contribution is 1.98. The van der Waals surface area contributed by atoms with Crippen LogP contribution in [0, 0.1) is 11.4 Å². The summed E-state index contributed by atoms with van der Waals surface area (Å²) in [6, 6.07) is 0. The lowest BCUT2D eigenvalue weighted by atomic mass is 9.92. The zero-order valence-corrected chi connectivity index (χ0v) is 11.7. The van der Waals surface area contributed by atoms with Crippen molar-refractivity contribution in [2.75, 3.05) is 13.2 Å². The summed E-state index contributed by atoms with van der Waals surface area (Å²) in [4.78, 5) is 0. The molecule has 0 rings (SSSR count). The molecule has 0 aromatic heterocycles. The highest BCUT2D eigenvalue weighted by Gasteiger charge is 2.16. The Morgan fingerprint density at radius 3 is 1.80 bits per heavy atom. The largest absolute Gasteiger partial charge is 0.549 e. The van der Waals surface area contributed by atoms with Crippen LogP contribution in [0.5, 0.6) is 0 Å². The second-order valence-corrected chi connectivity index (χ2v) is 9.34. The molecule has 0 unspecified atom stereocenters. The molecule has 4 heteroatoms. The van der Waals surface area contributed by atoms with E-state index >= 15 is 0 Å². The smallest absolute Gasteiger partial charge is 0.400 e. The van der Waals surface area contributed by atoms with Gasteiger partial charge in [-0.25, -0.2) is 0 Å². The van der Waals surface area contributed by atoms with E-state index in [-0.39, 0.29) is 7.12 Å². The third kappa shape index (κ3) is 10.1. The van der Waals surface area contributed by atoms with Crippen molar-refractivity contribution in [1.29, 1.82) is 0 Å². The fraction of sp³-hybridized carbons (Fsp3) is 0.818. The lowest BCUT2D eigenvalue weighted by Crippen LogP contribution is -2.25. The van der Waals surface area contributed by atoms with Gasteiger partial charge in [0.2, 0.25) is 0 Å². The summed E-state index contributed by atoms with van der Waals surface area (Å²) >= 11 is 0. The van der Waals surface area contributed by atoms with E-state index in [0.717, 1.165) is 26.1 Å². The normalized spacial score (nSPS) is 10.7. The Bertz CT molecular complexity index is 207. The average Bonchev–Trinajstić information content (AvgIpc) is 2.15. The highest BCUT2D eigenvalue weighted by atomic mass is 28.3. The Morgan fingerprint density at radius 2 is 1.47 bits per heavy atom. The number of hydrogen-bond donors (Lipinski definition) is 0. The second kappa shape index (κ2) is 7.98. The average molecular weight is 226 g/mol. The van der Waals surface area contributed by atoms with Gasteiger partial charge < -0.3 is 9.31 Å². The fourth-order valence-electron chi connectivity index (χ4n) is 0.857. The molecule has 0 aliphatic heterocycles. The van der Waals surface area contributed by atoms with Crippen LogP contribution in [0.1, 0.15) is 26.7 Å². The molecular formula is C11H23BO2Si. The van der Waals surface area contributed by atoms with E-state index < -0.39 is 8.07 Å². The van der Waals surface area contributed by atoms with Crippen LogP contribution in [0.3, 0.4) is 0 Å². The van der Waals surface area contributed by atoms with Crippen molar-refractivity contribution in [2.45, 2.75) is 46.3 Å².